The van der Waals surface area contributed by atoms with Crippen LogP contribution in [0.4, 0.5) is 0 Å². The first-order valence-corrected chi connectivity index (χ1v) is 9.49. The molecule has 2 fully saturated rings. The fraction of sp³-hybridized carbons (Fsp3) is 0.842. The lowest BCUT2D eigenvalue weighted by molar-refractivity contribution is -0.146. The van der Waals surface area contributed by atoms with Gasteiger partial charge in [0.25, 0.3) is 0 Å². The van der Waals surface area contributed by atoms with Crippen LogP contribution in [-0.4, -0.2) is 48.4 Å². The fourth-order valence-corrected chi connectivity index (χ4v) is 3.93. The number of likely N-dealkylation sites (tertiary alicyclic amines) is 1. The summed E-state index contributed by atoms with van der Waals surface area (Å²) >= 11 is 0. The van der Waals surface area contributed by atoms with Crippen LogP contribution in [0.5, 0.6) is 0 Å². The first-order chi connectivity index (χ1) is 11.8. The number of ether oxygens (including phenoxy) is 1. The molecule has 1 N–H and O–H groups in total. The summed E-state index contributed by atoms with van der Waals surface area (Å²) in [5.74, 6) is 0.0464. The average Bonchev–Trinajstić information content (AvgIpc) is 2.95. The summed E-state index contributed by atoms with van der Waals surface area (Å²) in [5.41, 5.74) is 0. The first-order valence-electron chi connectivity index (χ1n) is 9.49. The smallest absolute Gasteiger partial charge is 0.328 e. The average molecular weight is 352 g/mol. The Labute approximate surface area is 150 Å². The van der Waals surface area contributed by atoms with Crippen molar-refractivity contribution in [1.82, 2.24) is 10.2 Å². The number of methoxy groups -OCH3 is 1. The van der Waals surface area contributed by atoms with Crippen LogP contribution in [0.15, 0.2) is 0 Å². The normalized spacial score (nSPS) is 28.1. The molecule has 2 rings (SSSR count). The molecule has 2 aliphatic rings. The largest absolute Gasteiger partial charge is 0.467 e. The first kappa shape index (κ1) is 19.7. The molecule has 1 saturated heterocycles. The molecule has 1 heterocycles. The Morgan fingerprint density at radius 2 is 1.88 bits per heavy atom. The number of carbonyl (C=O) groups is 3. The Morgan fingerprint density at radius 3 is 2.44 bits per heavy atom. The molecule has 0 bridgehead atoms. The van der Waals surface area contributed by atoms with E-state index in [1.165, 1.54) is 7.11 Å². The zero-order chi connectivity index (χ0) is 18.6. The summed E-state index contributed by atoms with van der Waals surface area (Å²) < 4.78 is 4.79. The Hall–Kier alpha value is -1.59. The second kappa shape index (κ2) is 8.68. The van der Waals surface area contributed by atoms with Crippen molar-refractivity contribution in [3.05, 3.63) is 0 Å². The SMILES string of the molecule is COC(=O)[C@H](CC(C)C)NC(=O)[C@@H]1CC(=O)N(C2CCC(C)CC2)C1. The summed E-state index contributed by atoms with van der Waals surface area (Å²) in [4.78, 5) is 38.7. The third kappa shape index (κ3) is 5.19. The Balaban J connectivity index is 1.93. The van der Waals surface area contributed by atoms with Crippen molar-refractivity contribution < 1.29 is 19.1 Å². The number of carbonyl (C=O) groups excluding carboxylic acids is 3. The van der Waals surface area contributed by atoms with E-state index < -0.39 is 12.0 Å². The molecule has 1 saturated carbocycles. The lowest BCUT2D eigenvalue weighted by Gasteiger charge is -2.33. The van der Waals surface area contributed by atoms with E-state index in [9.17, 15) is 14.4 Å². The molecule has 0 unspecified atom stereocenters. The summed E-state index contributed by atoms with van der Waals surface area (Å²) in [7, 11) is 1.33. The Morgan fingerprint density at radius 1 is 1.24 bits per heavy atom. The minimum Gasteiger partial charge on any atom is -0.467 e. The molecule has 25 heavy (non-hydrogen) atoms. The van der Waals surface area contributed by atoms with Crippen LogP contribution >= 0.6 is 0 Å². The van der Waals surface area contributed by atoms with Crippen molar-refractivity contribution in [3.63, 3.8) is 0 Å². The zero-order valence-electron chi connectivity index (χ0n) is 15.9. The summed E-state index contributed by atoms with van der Waals surface area (Å²) in [6.45, 7) is 6.71. The number of esters is 1. The summed E-state index contributed by atoms with van der Waals surface area (Å²) in [6, 6.07) is -0.370. The van der Waals surface area contributed by atoms with E-state index in [2.05, 4.69) is 12.2 Å². The summed E-state index contributed by atoms with van der Waals surface area (Å²) in [5, 5.41) is 2.80. The van der Waals surface area contributed by atoms with Gasteiger partial charge in [0.05, 0.1) is 13.0 Å². The molecule has 6 nitrogen and oxygen atoms in total. The van der Waals surface area contributed by atoms with Crippen molar-refractivity contribution in [2.75, 3.05) is 13.7 Å². The predicted molar refractivity (Wildman–Crippen MR) is 94.6 cm³/mol. The lowest BCUT2D eigenvalue weighted by Crippen LogP contribution is -2.46. The van der Waals surface area contributed by atoms with Crippen LogP contribution in [-0.2, 0) is 19.1 Å². The molecule has 1 aliphatic carbocycles. The van der Waals surface area contributed by atoms with Crippen LogP contribution in [0.2, 0.25) is 0 Å². The van der Waals surface area contributed by atoms with Gasteiger partial charge in [-0.15, -0.1) is 0 Å². The third-order valence-electron chi connectivity index (χ3n) is 5.46. The van der Waals surface area contributed by atoms with Crippen molar-refractivity contribution in [3.8, 4) is 0 Å². The highest BCUT2D eigenvalue weighted by Crippen LogP contribution is 2.31. The van der Waals surface area contributed by atoms with E-state index in [0.29, 0.717) is 13.0 Å². The van der Waals surface area contributed by atoms with Crippen LogP contribution < -0.4 is 5.32 Å². The van der Waals surface area contributed by atoms with E-state index in [4.69, 9.17) is 4.74 Å². The topological polar surface area (TPSA) is 75.7 Å². The number of hydrogen-bond acceptors (Lipinski definition) is 4. The molecule has 2 atom stereocenters. The molecule has 0 aromatic rings. The molecule has 2 amide bonds. The van der Waals surface area contributed by atoms with Gasteiger partial charge in [-0.1, -0.05) is 20.8 Å². The molecule has 142 valence electrons. The minimum atomic E-state index is -0.641. The van der Waals surface area contributed by atoms with Gasteiger partial charge in [-0.2, -0.15) is 0 Å². The van der Waals surface area contributed by atoms with Crippen LogP contribution in [0.3, 0.4) is 0 Å². The number of amides is 2. The van der Waals surface area contributed by atoms with Gasteiger partial charge in [0.1, 0.15) is 6.04 Å². The molecule has 1 aliphatic heterocycles. The molecule has 0 aromatic carbocycles. The maximum Gasteiger partial charge on any atom is 0.328 e. The maximum absolute atomic E-state index is 12.6. The van der Waals surface area contributed by atoms with Crippen LogP contribution in [0.25, 0.3) is 0 Å². The van der Waals surface area contributed by atoms with Gasteiger partial charge in [-0.3, -0.25) is 9.59 Å². The quantitative estimate of drug-likeness (QED) is 0.743. The highest BCUT2D eigenvalue weighted by Gasteiger charge is 2.39. The van der Waals surface area contributed by atoms with Gasteiger partial charge in [0, 0.05) is 19.0 Å². The van der Waals surface area contributed by atoms with Gasteiger partial charge in [0.2, 0.25) is 11.8 Å². The van der Waals surface area contributed by atoms with E-state index >= 15 is 0 Å². The Bertz CT molecular complexity index is 498. The highest BCUT2D eigenvalue weighted by atomic mass is 16.5. The monoisotopic (exact) mass is 352 g/mol. The van der Waals surface area contributed by atoms with Crippen molar-refractivity contribution in [2.24, 2.45) is 17.8 Å². The highest BCUT2D eigenvalue weighted by molar-refractivity contribution is 5.91. The van der Waals surface area contributed by atoms with Crippen molar-refractivity contribution in [1.29, 1.82) is 0 Å². The van der Waals surface area contributed by atoms with Crippen LogP contribution in [0.1, 0.15) is 59.3 Å². The van der Waals surface area contributed by atoms with E-state index in [0.717, 1.165) is 31.6 Å². The van der Waals surface area contributed by atoms with Gasteiger partial charge in [-0.05, 0) is 43.9 Å². The summed E-state index contributed by atoms with van der Waals surface area (Å²) in [6.07, 6.45) is 5.11. The zero-order valence-corrected chi connectivity index (χ0v) is 15.9. The fourth-order valence-electron chi connectivity index (χ4n) is 3.93. The standard InChI is InChI=1S/C19H32N2O4/c1-12(2)9-16(19(24)25-4)20-18(23)14-10-17(22)21(11-14)15-7-5-13(3)6-8-15/h12-16H,5-11H2,1-4H3,(H,20,23)/t13?,14-,15?,16+/m1/s1. The molecular weight excluding hydrogens is 320 g/mol. The molecule has 6 heteroatoms. The molecule has 0 spiro atoms. The number of nitrogens with one attached hydrogen (secondary N) is 1. The van der Waals surface area contributed by atoms with E-state index in [-0.39, 0.29) is 36.1 Å². The van der Waals surface area contributed by atoms with Crippen molar-refractivity contribution in [2.45, 2.75) is 71.4 Å². The second-order valence-electron chi connectivity index (χ2n) is 8.07. The number of hydrogen-bond donors (Lipinski definition) is 1. The molecule has 0 aromatic heterocycles. The van der Waals surface area contributed by atoms with E-state index in [1.807, 2.05) is 18.7 Å². The number of rotatable bonds is 6. The van der Waals surface area contributed by atoms with Gasteiger partial charge in [-0.25, -0.2) is 4.79 Å². The van der Waals surface area contributed by atoms with Crippen molar-refractivity contribution >= 4 is 17.8 Å². The molecule has 0 radical (unpaired) electrons. The van der Waals surface area contributed by atoms with E-state index in [1.54, 1.807) is 0 Å². The Kier molecular flexibility index (Phi) is 6.85. The lowest BCUT2D eigenvalue weighted by atomic mass is 9.86. The van der Waals surface area contributed by atoms with Gasteiger partial charge < -0.3 is 15.0 Å². The van der Waals surface area contributed by atoms with Gasteiger partial charge >= 0.3 is 5.97 Å². The predicted octanol–water partition coefficient (Wildman–Crippen LogP) is 2.12. The second-order valence-corrected chi connectivity index (χ2v) is 8.07. The maximum atomic E-state index is 12.6. The molecular formula is C19H32N2O4. The third-order valence-corrected chi connectivity index (χ3v) is 5.46. The van der Waals surface area contributed by atoms with Crippen LogP contribution in [0, 0.1) is 17.8 Å². The van der Waals surface area contributed by atoms with Gasteiger partial charge in [0.15, 0.2) is 0 Å². The minimum absolute atomic E-state index is 0.0678. The number of nitrogens with zero attached hydrogens (tertiary/aromatic N) is 1.